The number of halogens is 2. The molecule has 0 amide bonds. The third kappa shape index (κ3) is 3.49. The molecule has 0 aromatic heterocycles. The Balaban J connectivity index is 1.95. The van der Waals surface area contributed by atoms with E-state index in [0.717, 1.165) is 6.42 Å². The smallest absolute Gasteiger partial charge is 0.250 e. The SMILES string of the molecule is FC(F)CNCCc1ccc2ccccc2c1. The predicted molar refractivity (Wildman–Crippen MR) is 66.5 cm³/mol. The van der Waals surface area contributed by atoms with E-state index in [2.05, 4.69) is 29.6 Å². The molecule has 0 saturated heterocycles. The summed E-state index contributed by atoms with van der Waals surface area (Å²) in [5, 5.41) is 5.13. The van der Waals surface area contributed by atoms with Crippen LogP contribution in [0.25, 0.3) is 10.8 Å². The van der Waals surface area contributed by atoms with Crippen LogP contribution in [0.4, 0.5) is 8.78 Å². The van der Waals surface area contributed by atoms with Gasteiger partial charge < -0.3 is 5.32 Å². The van der Waals surface area contributed by atoms with E-state index in [1.54, 1.807) is 0 Å². The zero-order chi connectivity index (χ0) is 12.1. The lowest BCUT2D eigenvalue weighted by molar-refractivity contribution is 0.146. The molecule has 0 fully saturated rings. The third-order valence-corrected chi connectivity index (χ3v) is 2.70. The molecule has 0 aliphatic rings. The van der Waals surface area contributed by atoms with Gasteiger partial charge in [0.25, 0.3) is 6.43 Å². The number of benzene rings is 2. The number of alkyl halides is 2. The van der Waals surface area contributed by atoms with Crippen LogP contribution in [-0.4, -0.2) is 19.5 Å². The highest BCUT2D eigenvalue weighted by Crippen LogP contribution is 2.15. The molecule has 0 saturated carbocycles. The van der Waals surface area contributed by atoms with Crippen molar-refractivity contribution in [2.45, 2.75) is 12.8 Å². The van der Waals surface area contributed by atoms with Crippen LogP contribution < -0.4 is 5.32 Å². The van der Waals surface area contributed by atoms with E-state index >= 15 is 0 Å². The Morgan fingerprint density at radius 3 is 2.53 bits per heavy atom. The molecule has 0 unspecified atom stereocenters. The van der Waals surface area contributed by atoms with Gasteiger partial charge in [-0.25, -0.2) is 8.78 Å². The minimum absolute atomic E-state index is 0.229. The van der Waals surface area contributed by atoms with E-state index < -0.39 is 6.43 Å². The first-order valence-corrected chi connectivity index (χ1v) is 5.72. The Morgan fingerprint density at radius 2 is 1.76 bits per heavy atom. The zero-order valence-corrected chi connectivity index (χ0v) is 9.50. The maximum Gasteiger partial charge on any atom is 0.250 e. The van der Waals surface area contributed by atoms with E-state index in [-0.39, 0.29) is 6.54 Å². The number of hydrogen-bond donors (Lipinski definition) is 1. The maximum absolute atomic E-state index is 11.9. The van der Waals surface area contributed by atoms with Gasteiger partial charge in [0, 0.05) is 0 Å². The van der Waals surface area contributed by atoms with Gasteiger partial charge >= 0.3 is 0 Å². The molecule has 0 atom stereocenters. The summed E-state index contributed by atoms with van der Waals surface area (Å²) in [4.78, 5) is 0. The van der Waals surface area contributed by atoms with Gasteiger partial charge in [-0.2, -0.15) is 0 Å². The lowest BCUT2D eigenvalue weighted by Gasteiger charge is -2.05. The summed E-state index contributed by atoms with van der Waals surface area (Å²) in [5.41, 5.74) is 1.17. The molecule has 0 bridgehead atoms. The molecule has 0 aliphatic carbocycles. The molecule has 0 spiro atoms. The summed E-state index contributed by atoms with van der Waals surface area (Å²) in [6.07, 6.45) is -1.50. The number of rotatable bonds is 5. The van der Waals surface area contributed by atoms with Crippen molar-refractivity contribution in [1.29, 1.82) is 0 Å². The monoisotopic (exact) mass is 235 g/mol. The summed E-state index contributed by atoms with van der Waals surface area (Å²) in [5.74, 6) is 0. The second-order valence-electron chi connectivity index (χ2n) is 4.03. The van der Waals surface area contributed by atoms with Gasteiger partial charge in [-0.15, -0.1) is 0 Å². The van der Waals surface area contributed by atoms with Gasteiger partial charge in [-0.05, 0) is 29.3 Å². The van der Waals surface area contributed by atoms with E-state index in [0.29, 0.717) is 6.54 Å². The molecule has 2 rings (SSSR count). The summed E-state index contributed by atoms with van der Waals surface area (Å²) in [6, 6.07) is 14.4. The first-order valence-electron chi connectivity index (χ1n) is 5.72. The number of hydrogen-bond acceptors (Lipinski definition) is 1. The van der Waals surface area contributed by atoms with Crippen molar-refractivity contribution in [1.82, 2.24) is 5.32 Å². The van der Waals surface area contributed by atoms with Crippen molar-refractivity contribution in [3.8, 4) is 0 Å². The fraction of sp³-hybridized carbons (Fsp3) is 0.286. The summed E-state index contributed by atoms with van der Waals surface area (Å²) >= 11 is 0. The van der Waals surface area contributed by atoms with Gasteiger partial charge in [-0.3, -0.25) is 0 Å². The average Bonchev–Trinajstić information content (AvgIpc) is 2.34. The quantitative estimate of drug-likeness (QED) is 0.784. The predicted octanol–water partition coefficient (Wildman–Crippen LogP) is 3.24. The highest BCUT2D eigenvalue weighted by atomic mass is 19.3. The number of fused-ring (bicyclic) bond motifs is 1. The molecule has 0 aliphatic heterocycles. The Labute approximate surface area is 99.5 Å². The molecule has 2 aromatic rings. The lowest BCUT2D eigenvalue weighted by atomic mass is 10.1. The molecular weight excluding hydrogens is 220 g/mol. The molecule has 0 heterocycles. The standard InChI is InChI=1S/C14H15F2N/c15-14(16)10-17-8-7-11-5-6-12-3-1-2-4-13(12)9-11/h1-6,9,14,17H,7-8,10H2. The summed E-state index contributed by atoms with van der Waals surface area (Å²) in [6.45, 7) is 0.357. The molecule has 1 nitrogen and oxygen atoms in total. The lowest BCUT2D eigenvalue weighted by Crippen LogP contribution is -2.23. The minimum atomic E-state index is -2.27. The second-order valence-corrected chi connectivity index (χ2v) is 4.03. The normalized spacial score (nSPS) is 11.2. The van der Waals surface area contributed by atoms with Crippen molar-refractivity contribution in [2.75, 3.05) is 13.1 Å². The van der Waals surface area contributed by atoms with Gasteiger partial charge in [0.15, 0.2) is 0 Å². The van der Waals surface area contributed by atoms with Crippen LogP contribution in [0.5, 0.6) is 0 Å². The molecule has 0 radical (unpaired) electrons. The molecular formula is C14H15F2N. The van der Waals surface area contributed by atoms with E-state index in [4.69, 9.17) is 0 Å². The molecule has 17 heavy (non-hydrogen) atoms. The number of nitrogens with one attached hydrogen (secondary N) is 1. The molecule has 90 valence electrons. The third-order valence-electron chi connectivity index (χ3n) is 2.70. The van der Waals surface area contributed by atoms with E-state index in [1.165, 1.54) is 16.3 Å². The summed E-state index contributed by atoms with van der Waals surface area (Å²) < 4.78 is 23.8. The van der Waals surface area contributed by atoms with Crippen molar-refractivity contribution >= 4 is 10.8 Å². The van der Waals surface area contributed by atoms with Crippen molar-refractivity contribution in [3.63, 3.8) is 0 Å². The van der Waals surface area contributed by atoms with Crippen LogP contribution >= 0.6 is 0 Å². The topological polar surface area (TPSA) is 12.0 Å². The van der Waals surface area contributed by atoms with Crippen LogP contribution in [0.2, 0.25) is 0 Å². The summed E-state index contributed by atoms with van der Waals surface area (Å²) in [7, 11) is 0. The van der Waals surface area contributed by atoms with E-state index in [9.17, 15) is 8.78 Å². The van der Waals surface area contributed by atoms with Crippen molar-refractivity contribution in [2.24, 2.45) is 0 Å². The highest BCUT2D eigenvalue weighted by molar-refractivity contribution is 5.82. The average molecular weight is 235 g/mol. The fourth-order valence-corrected chi connectivity index (χ4v) is 1.84. The van der Waals surface area contributed by atoms with Gasteiger partial charge in [0.05, 0.1) is 6.54 Å². The van der Waals surface area contributed by atoms with Gasteiger partial charge in [-0.1, -0.05) is 42.5 Å². The Kier molecular flexibility index (Phi) is 4.04. The largest absolute Gasteiger partial charge is 0.311 e. The zero-order valence-electron chi connectivity index (χ0n) is 9.50. The first kappa shape index (κ1) is 12.0. The molecule has 2 aromatic carbocycles. The Bertz CT molecular complexity index is 482. The Morgan fingerprint density at radius 1 is 1.00 bits per heavy atom. The Hall–Kier alpha value is -1.48. The molecule has 3 heteroatoms. The van der Waals surface area contributed by atoms with Crippen LogP contribution in [0.1, 0.15) is 5.56 Å². The van der Waals surface area contributed by atoms with Crippen LogP contribution in [-0.2, 0) is 6.42 Å². The first-order chi connectivity index (χ1) is 8.25. The highest BCUT2D eigenvalue weighted by Gasteiger charge is 2.01. The maximum atomic E-state index is 11.9. The van der Waals surface area contributed by atoms with E-state index in [1.807, 2.05) is 18.2 Å². The minimum Gasteiger partial charge on any atom is -0.311 e. The molecule has 1 N–H and O–H groups in total. The second kappa shape index (κ2) is 5.73. The van der Waals surface area contributed by atoms with Crippen molar-refractivity contribution < 1.29 is 8.78 Å². The van der Waals surface area contributed by atoms with Crippen LogP contribution in [0, 0.1) is 0 Å². The van der Waals surface area contributed by atoms with Crippen molar-refractivity contribution in [3.05, 3.63) is 48.0 Å². The van der Waals surface area contributed by atoms with Crippen LogP contribution in [0.3, 0.4) is 0 Å². The van der Waals surface area contributed by atoms with Gasteiger partial charge in [0.2, 0.25) is 0 Å². The fourth-order valence-electron chi connectivity index (χ4n) is 1.84. The van der Waals surface area contributed by atoms with Crippen LogP contribution in [0.15, 0.2) is 42.5 Å². The van der Waals surface area contributed by atoms with Gasteiger partial charge in [0.1, 0.15) is 0 Å².